The van der Waals surface area contributed by atoms with Gasteiger partial charge in [0.25, 0.3) is 0 Å². The van der Waals surface area contributed by atoms with Gasteiger partial charge in [-0.2, -0.15) is 0 Å². The van der Waals surface area contributed by atoms with Gasteiger partial charge in [-0.25, -0.2) is 0 Å². The minimum Gasteiger partial charge on any atom is -0.397 e. The molecule has 0 saturated heterocycles. The molecule has 0 spiro atoms. The van der Waals surface area contributed by atoms with Gasteiger partial charge < -0.3 is 21.1 Å². The molecule has 7 heteroatoms. The van der Waals surface area contributed by atoms with Crippen LogP contribution in [0.5, 0.6) is 0 Å². The van der Waals surface area contributed by atoms with E-state index in [1.807, 2.05) is 53.9 Å². The number of carbonyl (C=O) groups excluding carboxylic acids is 1. The highest BCUT2D eigenvalue weighted by Gasteiger charge is 2.10. The molecular formula is C32H32N4O2S. The summed E-state index contributed by atoms with van der Waals surface area (Å²) in [5.41, 5.74) is 12.8. The number of thiophene rings is 1. The van der Waals surface area contributed by atoms with Crippen LogP contribution < -0.4 is 11.1 Å². The van der Waals surface area contributed by atoms with Crippen molar-refractivity contribution in [2.45, 2.75) is 13.0 Å². The van der Waals surface area contributed by atoms with E-state index in [2.05, 4.69) is 51.7 Å². The summed E-state index contributed by atoms with van der Waals surface area (Å²) in [6.07, 6.45) is 6.29. The number of anilines is 2. The topological polar surface area (TPSA) is 94.4 Å². The zero-order valence-corrected chi connectivity index (χ0v) is 22.5. The molecule has 0 radical (unpaired) electrons. The van der Waals surface area contributed by atoms with Gasteiger partial charge in [-0.3, -0.25) is 9.69 Å². The summed E-state index contributed by atoms with van der Waals surface area (Å²) in [5.74, 6) is -0.236. The molecule has 0 saturated carbocycles. The summed E-state index contributed by atoms with van der Waals surface area (Å²) < 4.78 is 0. The fourth-order valence-corrected chi connectivity index (χ4v) is 5.35. The molecule has 6 nitrogen and oxygen atoms in total. The third-order valence-corrected chi connectivity index (χ3v) is 7.64. The third-order valence-electron chi connectivity index (χ3n) is 6.72. The summed E-state index contributed by atoms with van der Waals surface area (Å²) in [6.45, 7) is 2.32. The number of benzene rings is 3. The van der Waals surface area contributed by atoms with Gasteiger partial charge in [-0.1, -0.05) is 54.6 Å². The van der Waals surface area contributed by atoms with Crippen LogP contribution in [-0.4, -0.2) is 40.6 Å². The Morgan fingerprint density at radius 3 is 2.67 bits per heavy atom. The Morgan fingerprint density at radius 2 is 1.87 bits per heavy atom. The van der Waals surface area contributed by atoms with Crippen LogP contribution >= 0.6 is 11.3 Å². The van der Waals surface area contributed by atoms with Crippen LogP contribution in [-0.2, 0) is 17.8 Å². The van der Waals surface area contributed by atoms with Crippen LogP contribution in [0, 0.1) is 0 Å². The van der Waals surface area contributed by atoms with Crippen molar-refractivity contribution in [2.24, 2.45) is 0 Å². The molecule has 5 N–H and O–H groups in total. The number of aromatic amines is 1. The maximum absolute atomic E-state index is 12.6. The second kappa shape index (κ2) is 12.6. The maximum atomic E-state index is 12.6. The number of aliphatic hydroxyl groups excluding tert-OH is 1. The summed E-state index contributed by atoms with van der Waals surface area (Å²) >= 11 is 1.64. The highest BCUT2D eigenvalue weighted by atomic mass is 32.1. The van der Waals surface area contributed by atoms with E-state index in [1.165, 1.54) is 17.0 Å². The van der Waals surface area contributed by atoms with Gasteiger partial charge in [0.15, 0.2) is 0 Å². The van der Waals surface area contributed by atoms with Gasteiger partial charge in [0.2, 0.25) is 5.91 Å². The zero-order valence-electron chi connectivity index (χ0n) is 21.6. The number of hydrogen-bond acceptors (Lipinski definition) is 5. The SMILES string of the molecule is Nc1ccc(-c2cccs2)cc1NC(=O)C=Cc1ccc(CN(CCO)CCc2c[nH]c3ccccc23)cc1. The van der Waals surface area contributed by atoms with Crippen molar-refractivity contribution < 1.29 is 9.90 Å². The predicted molar refractivity (Wildman–Crippen MR) is 163 cm³/mol. The molecular weight excluding hydrogens is 504 g/mol. The van der Waals surface area contributed by atoms with Gasteiger partial charge in [0.1, 0.15) is 0 Å². The number of amides is 1. The first-order valence-electron chi connectivity index (χ1n) is 13.0. The van der Waals surface area contributed by atoms with Crippen LogP contribution in [0.1, 0.15) is 16.7 Å². The Morgan fingerprint density at radius 1 is 1.03 bits per heavy atom. The van der Waals surface area contributed by atoms with Crippen molar-refractivity contribution in [3.63, 3.8) is 0 Å². The molecule has 3 aromatic carbocycles. The van der Waals surface area contributed by atoms with Crippen molar-refractivity contribution in [1.29, 1.82) is 0 Å². The van der Waals surface area contributed by atoms with Crippen LogP contribution in [0.3, 0.4) is 0 Å². The first-order valence-corrected chi connectivity index (χ1v) is 13.9. The Labute approximate surface area is 232 Å². The molecule has 5 aromatic rings. The monoisotopic (exact) mass is 536 g/mol. The van der Waals surface area contributed by atoms with Gasteiger partial charge in [0.05, 0.1) is 18.0 Å². The van der Waals surface area contributed by atoms with Crippen molar-refractivity contribution in [3.05, 3.63) is 113 Å². The number of rotatable bonds is 11. The average Bonchev–Trinajstić information content (AvgIpc) is 3.63. The van der Waals surface area contributed by atoms with E-state index in [4.69, 9.17) is 5.73 Å². The number of aromatic nitrogens is 1. The van der Waals surface area contributed by atoms with Crippen molar-refractivity contribution in [1.82, 2.24) is 9.88 Å². The lowest BCUT2D eigenvalue weighted by Crippen LogP contribution is -2.28. The van der Waals surface area contributed by atoms with E-state index >= 15 is 0 Å². The maximum Gasteiger partial charge on any atom is 0.248 e. The summed E-state index contributed by atoms with van der Waals surface area (Å²) in [6, 6.07) is 26.2. The fourth-order valence-electron chi connectivity index (χ4n) is 4.63. The van der Waals surface area contributed by atoms with Gasteiger partial charge in [0, 0.05) is 47.7 Å². The molecule has 5 rings (SSSR count). The third kappa shape index (κ3) is 6.83. The van der Waals surface area contributed by atoms with Crippen LogP contribution in [0.2, 0.25) is 0 Å². The van der Waals surface area contributed by atoms with Crippen molar-refractivity contribution in [2.75, 3.05) is 30.7 Å². The molecule has 39 heavy (non-hydrogen) atoms. The van der Waals surface area contributed by atoms with Crippen LogP contribution in [0.15, 0.2) is 96.5 Å². The number of aliphatic hydroxyl groups is 1. The van der Waals surface area contributed by atoms with Gasteiger partial charge in [-0.15, -0.1) is 11.3 Å². The second-order valence-electron chi connectivity index (χ2n) is 9.45. The number of para-hydroxylation sites is 1. The number of nitrogens with one attached hydrogen (secondary N) is 2. The number of H-pyrrole nitrogens is 1. The van der Waals surface area contributed by atoms with E-state index in [0.29, 0.717) is 17.9 Å². The minimum absolute atomic E-state index is 0.116. The quantitative estimate of drug-likeness (QED) is 0.120. The molecule has 198 valence electrons. The molecule has 2 aromatic heterocycles. The van der Waals surface area contributed by atoms with Crippen molar-refractivity contribution >= 4 is 45.6 Å². The van der Waals surface area contributed by atoms with Gasteiger partial charge in [-0.05, 0) is 64.4 Å². The fraction of sp³-hybridized carbons (Fsp3) is 0.156. The Balaban J connectivity index is 1.17. The minimum atomic E-state index is -0.236. The molecule has 0 aliphatic heterocycles. The Hall–Kier alpha value is -4.17. The highest BCUT2D eigenvalue weighted by molar-refractivity contribution is 7.13. The number of nitrogen functional groups attached to an aromatic ring is 1. The second-order valence-corrected chi connectivity index (χ2v) is 10.4. The first-order chi connectivity index (χ1) is 19.1. The van der Waals surface area contributed by atoms with E-state index in [9.17, 15) is 9.90 Å². The molecule has 0 fully saturated rings. The normalized spacial score (nSPS) is 11.5. The predicted octanol–water partition coefficient (Wildman–Crippen LogP) is 6.17. The first kappa shape index (κ1) is 26.4. The Bertz CT molecular complexity index is 1560. The van der Waals surface area contributed by atoms with E-state index in [1.54, 1.807) is 17.4 Å². The number of fused-ring (bicyclic) bond motifs is 1. The van der Waals surface area contributed by atoms with Crippen molar-refractivity contribution in [3.8, 4) is 10.4 Å². The van der Waals surface area contributed by atoms with E-state index < -0.39 is 0 Å². The number of nitrogens with zero attached hydrogens (tertiary/aromatic N) is 1. The lowest BCUT2D eigenvalue weighted by molar-refractivity contribution is -0.111. The number of carbonyl (C=O) groups is 1. The summed E-state index contributed by atoms with van der Waals surface area (Å²) in [4.78, 5) is 19.3. The smallest absolute Gasteiger partial charge is 0.248 e. The molecule has 0 unspecified atom stereocenters. The van der Waals surface area contributed by atoms with Crippen LogP contribution in [0.4, 0.5) is 11.4 Å². The molecule has 1 amide bonds. The number of hydrogen-bond donors (Lipinski definition) is 4. The van der Waals surface area contributed by atoms with E-state index in [-0.39, 0.29) is 12.5 Å². The standard InChI is InChI=1S/C32H32N4O2S/c33-28-13-12-25(31-6-3-19-39-31)20-30(28)35-32(38)14-11-23-7-9-24(10-8-23)22-36(17-18-37)16-15-26-21-34-29-5-2-1-4-27(26)29/h1-14,19-21,34,37H,15-18,22,33H2,(H,35,38). The van der Waals surface area contributed by atoms with E-state index in [0.717, 1.165) is 46.6 Å². The number of nitrogens with two attached hydrogens (primary N) is 1. The zero-order chi connectivity index (χ0) is 27.0. The molecule has 0 atom stereocenters. The molecule has 0 aliphatic rings. The summed E-state index contributed by atoms with van der Waals surface area (Å²) in [5, 5.41) is 15.8. The van der Waals surface area contributed by atoms with Gasteiger partial charge >= 0.3 is 0 Å². The molecule has 0 bridgehead atoms. The highest BCUT2D eigenvalue weighted by Crippen LogP contribution is 2.30. The lowest BCUT2D eigenvalue weighted by Gasteiger charge is -2.21. The molecule has 0 aliphatic carbocycles. The largest absolute Gasteiger partial charge is 0.397 e. The molecule has 2 heterocycles. The average molecular weight is 537 g/mol. The lowest BCUT2D eigenvalue weighted by atomic mass is 10.1. The van der Waals surface area contributed by atoms with Crippen LogP contribution in [0.25, 0.3) is 27.4 Å². The summed E-state index contributed by atoms with van der Waals surface area (Å²) in [7, 11) is 0. The Kier molecular flexibility index (Phi) is 8.53.